The van der Waals surface area contributed by atoms with Gasteiger partial charge in [0.05, 0.1) is 17.5 Å². The van der Waals surface area contributed by atoms with Crippen molar-refractivity contribution in [2.75, 3.05) is 0 Å². The third kappa shape index (κ3) is 1.38. The fourth-order valence-electron chi connectivity index (χ4n) is 2.70. The molecule has 86 valence electrons. The van der Waals surface area contributed by atoms with E-state index < -0.39 is 0 Å². The summed E-state index contributed by atoms with van der Waals surface area (Å²) in [5, 5.41) is 10.5. The summed E-state index contributed by atoms with van der Waals surface area (Å²) in [5.41, 5.74) is 8.13. The predicted octanol–water partition coefficient (Wildman–Crippen LogP) is 2.86. The molecule has 1 aliphatic rings. The van der Waals surface area contributed by atoms with Crippen molar-refractivity contribution in [3.8, 4) is 6.07 Å². The maximum Gasteiger partial charge on any atom is 0.0767 e. The highest BCUT2D eigenvalue weighted by atomic mass is 14.8. The molecule has 0 aliphatic heterocycles. The van der Waals surface area contributed by atoms with Crippen molar-refractivity contribution < 1.29 is 0 Å². The molecule has 0 bridgehead atoms. The number of hydrogen-bond donors (Lipinski definition) is 2. The monoisotopic (exact) mass is 225 g/mol. The van der Waals surface area contributed by atoms with E-state index in [-0.39, 0.29) is 11.5 Å². The first-order valence-electron chi connectivity index (χ1n) is 6.00. The standard InChI is InChI=1S/C14H15N3/c15-9-14(6-3-7-14)13(16)11-8-17-12-5-2-1-4-10(11)12/h1-2,4-5,8,13,17H,3,6-7,16H2. The minimum atomic E-state index is -0.342. The maximum absolute atomic E-state index is 9.34. The number of hydrogen-bond acceptors (Lipinski definition) is 2. The van der Waals surface area contributed by atoms with E-state index in [1.165, 1.54) is 0 Å². The van der Waals surface area contributed by atoms with E-state index >= 15 is 0 Å². The topological polar surface area (TPSA) is 65.6 Å². The largest absolute Gasteiger partial charge is 0.361 e. The number of fused-ring (bicyclic) bond motifs is 1. The molecule has 1 aromatic heterocycles. The van der Waals surface area contributed by atoms with Crippen LogP contribution in [0.2, 0.25) is 0 Å². The molecule has 1 atom stereocenters. The molecule has 0 radical (unpaired) electrons. The molecule has 1 heterocycles. The Morgan fingerprint density at radius 1 is 1.35 bits per heavy atom. The van der Waals surface area contributed by atoms with Crippen LogP contribution in [-0.4, -0.2) is 4.98 Å². The second-order valence-corrected chi connectivity index (χ2v) is 4.89. The zero-order valence-electron chi connectivity index (χ0n) is 9.61. The van der Waals surface area contributed by atoms with Gasteiger partial charge in [0.25, 0.3) is 0 Å². The molecule has 1 unspecified atom stereocenters. The van der Waals surface area contributed by atoms with Crippen LogP contribution in [0.15, 0.2) is 30.5 Å². The molecular weight excluding hydrogens is 210 g/mol. The Balaban J connectivity index is 2.07. The van der Waals surface area contributed by atoms with Gasteiger partial charge in [0.15, 0.2) is 0 Å². The van der Waals surface area contributed by atoms with Gasteiger partial charge in [0.2, 0.25) is 0 Å². The first-order valence-corrected chi connectivity index (χ1v) is 6.00. The van der Waals surface area contributed by atoms with Crippen LogP contribution in [-0.2, 0) is 0 Å². The van der Waals surface area contributed by atoms with Crippen LogP contribution in [0.4, 0.5) is 0 Å². The van der Waals surface area contributed by atoms with Gasteiger partial charge in [-0.3, -0.25) is 0 Å². The Bertz CT molecular complexity index is 587. The molecule has 0 spiro atoms. The molecule has 3 nitrogen and oxygen atoms in total. The van der Waals surface area contributed by atoms with Crippen LogP contribution < -0.4 is 5.73 Å². The summed E-state index contributed by atoms with van der Waals surface area (Å²) in [6.45, 7) is 0. The van der Waals surface area contributed by atoms with E-state index in [0.717, 1.165) is 35.7 Å². The number of benzene rings is 1. The number of aromatic nitrogens is 1. The lowest BCUT2D eigenvalue weighted by molar-refractivity contribution is 0.170. The van der Waals surface area contributed by atoms with Gasteiger partial charge in [-0.05, 0) is 24.5 Å². The van der Waals surface area contributed by atoms with Crippen molar-refractivity contribution in [1.29, 1.82) is 5.26 Å². The second kappa shape index (κ2) is 3.61. The molecule has 2 aromatic rings. The van der Waals surface area contributed by atoms with Gasteiger partial charge in [-0.1, -0.05) is 24.6 Å². The molecule has 3 rings (SSSR count). The Hall–Kier alpha value is -1.79. The summed E-state index contributed by atoms with van der Waals surface area (Å²) in [6, 6.07) is 10.3. The normalized spacial score (nSPS) is 19.5. The summed E-state index contributed by atoms with van der Waals surface area (Å²) < 4.78 is 0. The molecule has 0 saturated heterocycles. The Morgan fingerprint density at radius 2 is 2.12 bits per heavy atom. The van der Waals surface area contributed by atoms with Crippen molar-refractivity contribution in [3.63, 3.8) is 0 Å². The average molecular weight is 225 g/mol. The highest BCUT2D eigenvalue weighted by Crippen LogP contribution is 2.49. The minimum absolute atomic E-state index is 0.183. The highest BCUT2D eigenvalue weighted by Gasteiger charge is 2.44. The van der Waals surface area contributed by atoms with Crippen LogP contribution in [0.5, 0.6) is 0 Å². The fraction of sp³-hybridized carbons (Fsp3) is 0.357. The average Bonchev–Trinajstić information content (AvgIpc) is 2.71. The van der Waals surface area contributed by atoms with Crippen molar-refractivity contribution in [2.45, 2.75) is 25.3 Å². The fourth-order valence-corrected chi connectivity index (χ4v) is 2.70. The van der Waals surface area contributed by atoms with Gasteiger partial charge in [0, 0.05) is 17.1 Å². The van der Waals surface area contributed by atoms with E-state index in [4.69, 9.17) is 5.73 Å². The Morgan fingerprint density at radius 3 is 2.76 bits per heavy atom. The van der Waals surface area contributed by atoms with Gasteiger partial charge in [-0.2, -0.15) is 5.26 Å². The molecule has 17 heavy (non-hydrogen) atoms. The van der Waals surface area contributed by atoms with Gasteiger partial charge in [0.1, 0.15) is 0 Å². The SMILES string of the molecule is N#CC1(C(N)c2c[nH]c3ccccc23)CCC1. The molecule has 1 aliphatic carbocycles. The van der Waals surface area contributed by atoms with Crippen LogP contribution in [0.3, 0.4) is 0 Å². The van der Waals surface area contributed by atoms with E-state index in [1.807, 2.05) is 24.4 Å². The number of nitrogens with zero attached hydrogens (tertiary/aromatic N) is 1. The maximum atomic E-state index is 9.34. The minimum Gasteiger partial charge on any atom is -0.361 e. The number of nitrogens with two attached hydrogens (primary N) is 1. The predicted molar refractivity (Wildman–Crippen MR) is 67.1 cm³/mol. The smallest absolute Gasteiger partial charge is 0.0767 e. The van der Waals surface area contributed by atoms with Gasteiger partial charge < -0.3 is 10.7 Å². The van der Waals surface area contributed by atoms with Crippen LogP contribution in [0.1, 0.15) is 30.9 Å². The summed E-state index contributed by atoms with van der Waals surface area (Å²) in [7, 11) is 0. The van der Waals surface area contributed by atoms with Crippen molar-refractivity contribution in [2.24, 2.45) is 11.1 Å². The number of nitriles is 1. The van der Waals surface area contributed by atoms with Crippen LogP contribution in [0.25, 0.3) is 10.9 Å². The summed E-state index contributed by atoms with van der Waals surface area (Å²) in [6.07, 6.45) is 4.91. The zero-order valence-corrected chi connectivity index (χ0v) is 9.61. The number of H-pyrrole nitrogens is 1. The third-order valence-corrected chi connectivity index (χ3v) is 4.02. The van der Waals surface area contributed by atoms with E-state index in [1.54, 1.807) is 0 Å². The molecule has 1 aromatic carbocycles. The lowest BCUT2D eigenvalue weighted by Crippen LogP contribution is -2.39. The summed E-state index contributed by atoms with van der Waals surface area (Å²) >= 11 is 0. The lowest BCUT2D eigenvalue weighted by atomic mass is 9.64. The van der Waals surface area contributed by atoms with E-state index in [2.05, 4.69) is 17.1 Å². The van der Waals surface area contributed by atoms with Crippen molar-refractivity contribution in [1.82, 2.24) is 4.98 Å². The van der Waals surface area contributed by atoms with Gasteiger partial charge in [-0.15, -0.1) is 0 Å². The third-order valence-electron chi connectivity index (χ3n) is 4.02. The molecule has 3 heteroatoms. The quantitative estimate of drug-likeness (QED) is 0.825. The van der Waals surface area contributed by atoms with Gasteiger partial charge >= 0.3 is 0 Å². The molecule has 1 fully saturated rings. The van der Waals surface area contributed by atoms with Gasteiger partial charge in [-0.25, -0.2) is 0 Å². The van der Waals surface area contributed by atoms with Crippen LogP contribution >= 0.6 is 0 Å². The van der Waals surface area contributed by atoms with E-state index in [0.29, 0.717) is 0 Å². The lowest BCUT2D eigenvalue weighted by Gasteiger charge is -2.40. The van der Waals surface area contributed by atoms with Crippen molar-refractivity contribution >= 4 is 10.9 Å². The first-order chi connectivity index (χ1) is 8.27. The van der Waals surface area contributed by atoms with Crippen molar-refractivity contribution in [3.05, 3.63) is 36.0 Å². The van der Waals surface area contributed by atoms with Crippen LogP contribution in [0, 0.1) is 16.7 Å². The Kier molecular flexibility index (Phi) is 2.20. The summed E-state index contributed by atoms with van der Waals surface area (Å²) in [5.74, 6) is 0. The zero-order chi connectivity index (χ0) is 11.9. The molecule has 0 amide bonds. The molecule has 3 N–H and O–H groups in total. The second-order valence-electron chi connectivity index (χ2n) is 4.89. The molecule has 1 saturated carbocycles. The summed E-state index contributed by atoms with van der Waals surface area (Å²) in [4.78, 5) is 3.22. The molecular formula is C14H15N3. The number of rotatable bonds is 2. The van der Waals surface area contributed by atoms with E-state index in [9.17, 15) is 5.26 Å². The Labute approximate surface area is 100 Å². The highest BCUT2D eigenvalue weighted by molar-refractivity contribution is 5.83. The number of nitrogens with one attached hydrogen (secondary N) is 1. The number of aromatic amines is 1. The number of para-hydroxylation sites is 1. The first kappa shape index (κ1) is 10.4.